The first-order valence-corrected chi connectivity index (χ1v) is 7.77. The maximum atomic E-state index is 5.72. The molecule has 0 amide bonds. The molecule has 1 atom stereocenters. The van der Waals surface area contributed by atoms with Gasteiger partial charge in [0.1, 0.15) is 5.75 Å². The van der Waals surface area contributed by atoms with Gasteiger partial charge in [-0.1, -0.05) is 52.2 Å². The van der Waals surface area contributed by atoms with E-state index in [9.17, 15) is 0 Å². The summed E-state index contributed by atoms with van der Waals surface area (Å²) in [6, 6.07) is 9.01. The number of nitrogens with one attached hydrogen (secondary N) is 1. The van der Waals surface area contributed by atoms with Crippen LogP contribution >= 0.6 is 0 Å². The van der Waals surface area contributed by atoms with Crippen molar-refractivity contribution < 1.29 is 4.74 Å². The summed E-state index contributed by atoms with van der Waals surface area (Å²) in [6.45, 7) is 8.36. The highest BCUT2D eigenvalue weighted by Crippen LogP contribution is 2.23. The van der Waals surface area contributed by atoms with Crippen molar-refractivity contribution in [3.8, 4) is 5.75 Å². The van der Waals surface area contributed by atoms with Gasteiger partial charge in [0.25, 0.3) is 0 Å². The molecule has 0 fully saturated rings. The van der Waals surface area contributed by atoms with Crippen LogP contribution in [0.3, 0.4) is 0 Å². The largest absolute Gasteiger partial charge is 0.494 e. The molecule has 1 unspecified atom stereocenters. The van der Waals surface area contributed by atoms with Crippen molar-refractivity contribution in [2.45, 2.75) is 58.9 Å². The van der Waals surface area contributed by atoms with Crippen molar-refractivity contribution in [3.05, 3.63) is 29.8 Å². The number of hydrogen-bond acceptors (Lipinski definition) is 2. The molecule has 2 nitrogen and oxygen atoms in total. The Bertz CT molecular complexity index is 338. The fourth-order valence-electron chi connectivity index (χ4n) is 2.27. The highest BCUT2D eigenvalue weighted by atomic mass is 16.5. The molecule has 19 heavy (non-hydrogen) atoms. The minimum atomic E-state index is 0.460. The Balaban J connectivity index is 2.65. The van der Waals surface area contributed by atoms with E-state index in [0.717, 1.165) is 25.3 Å². The fourth-order valence-corrected chi connectivity index (χ4v) is 2.27. The van der Waals surface area contributed by atoms with Crippen LogP contribution in [0.5, 0.6) is 5.75 Å². The summed E-state index contributed by atoms with van der Waals surface area (Å²) in [5.74, 6) is 0.998. The molecule has 0 aliphatic carbocycles. The molecule has 0 bridgehead atoms. The standard InChI is InChI=1S/C17H29NO/c1-4-7-8-12-17(18-6-3)15-10-9-11-16(14-15)19-13-5-2/h9-11,14,17-18H,4-8,12-13H2,1-3H3. The Morgan fingerprint density at radius 1 is 1.11 bits per heavy atom. The van der Waals surface area contributed by atoms with Crippen LogP contribution in [0, 0.1) is 0 Å². The molecule has 1 aromatic carbocycles. The average Bonchev–Trinajstić information content (AvgIpc) is 2.45. The third-order valence-electron chi connectivity index (χ3n) is 3.28. The highest BCUT2D eigenvalue weighted by Gasteiger charge is 2.10. The molecule has 0 aromatic heterocycles. The summed E-state index contributed by atoms with van der Waals surface area (Å²) in [6.07, 6.45) is 6.14. The van der Waals surface area contributed by atoms with Crippen LogP contribution in [0.4, 0.5) is 0 Å². The van der Waals surface area contributed by atoms with Gasteiger partial charge in [0.15, 0.2) is 0 Å². The Morgan fingerprint density at radius 2 is 1.95 bits per heavy atom. The highest BCUT2D eigenvalue weighted by molar-refractivity contribution is 5.30. The van der Waals surface area contributed by atoms with E-state index >= 15 is 0 Å². The second-order valence-corrected chi connectivity index (χ2v) is 5.03. The lowest BCUT2D eigenvalue weighted by atomic mass is 10.00. The molecule has 0 saturated heterocycles. The molecule has 1 aromatic rings. The monoisotopic (exact) mass is 263 g/mol. The lowest BCUT2D eigenvalue weighted by Crippen LogP contribution is -2.20. The number of hydrogen-bond donors (Lipinski definition) is 1. The molecular formula is C17H29NO. The van der Waals surface area contributed by atoms with Crippen LogP contribution in [0.15, 0.2) is 24.3 Å². The van der Waals surface area contributed by atoms with Crippen LogP contribution < -0.4 is 10.1 Å². The number of rotatable bonds is 10. The molecule has 0 aliphatic rings. The zero-order valence-electron chi connectivity index (χ0n) is 12.7. The van der Waals surface area contributed by atoms with Crippen LogP contribution in [-0.4, -0.2) is 13.2 Å². The minimum absolute atomic E-state index is 0.460. The van der Waals surface area contributed by atoms with E-state index in [2.05, 4.69) is 44.3 Å². The predicted molar refractivity (Wildman–Crippen MR) is 82.8 cm³/mol. The van der Waals surface area contributed by atoms with Crippen molar-refractivity contribution in [1.29, 1.82) is 0 Å². The molecule has 0 spiro atoms. The maximum Gasteiger partial charge on any atom is 0.119 e. The molecule has 2 heteroatoms. The lowest BCUT2D eigenvalue weighted by molar-refractivity contribution is 0.316. The Labute approximate surface area is 118 Å². The van der Waals surface area contributed by atoms with Crippen molar-refractivity contribution in [3.63, 3.8) is 0 Å². The van der Waals surface area contributed by atoms with Crippen LogP contribution in [-0.2, 0) is 0 Å². The molecule has 108 valence electrons. The van der Waals surface area contributed by atoms with Gasteiger partial charge in [0.05, 0.1) is 6.61 Å². The summed E-state index contributed by atoms with van der Waals surface area (Å²) in [5, 5.41) is 3.59. The normalized spacial score (nSPS) is 12.4. The van der Waals surface area contributed by atoms with Crippen molar-refractivity contribution >= 4 is 0 Å². The van der Waals surface area contributed by atoms with Crippen molar-refractivity contribution in [1.82, 2.24) is 5.32 Å². The zero-order chi connectivity index (χ0) is 13.9. The Kier molecular flexibility index (Phi) is 8.31. The van der Waals surface area contributed by atoms with Gasteiger partial charge in [-0.3, -0.25) is 0 Å². The SMILES string of the molecule is CCCCCC(NCC)c1cccc(OCCC)c1. The van der Waals surface area contributed by atoms with Crippen LogP contribution in [0.25, 0.3) is 0 Å². The topological polar surface area (TPSA) is 21.3 Å². The fraction of sp³-hybridized carbons (Fsp3) is 0.647. The summed E-state index contributed by atoms with van der Waals surface area (Å²) in [7, 11) is 0. The van der Waals surface area contributed by atoms with E-state index in [-0.39, 0.29) is 0 Å². The van der Waals surface area contributed by atoms with E-state index in [1.807, 2.05) is 6.07 Å². The first-order chi connectivity index (χ1) is 9.31. The van der Waals surface area contributed by atoms with Gasteiger partial charge in [-0.25, -0.2) is 0 Å². The maximum absolute atomic E-state index is 5.72. The van der Waals surface area contributed by atoms with Gasteiger partial charge < -0.3 is 10.1 Å². The molecule has 0 aliphatic heterocycles. The molecular weight excluding hydrogens is 234 g/mol. The Morgan fingerprint density at radius 3 is 2.63 bits per heavy atom. The number of benzene rings is 1. The lowest BCUT2D eigenvalue weighted by Gasteiger charge is -2.19. The number of ether oxygens (including phenoxy) is 1. The first-order valence-electron chi connectivity index (χ1n) is 7.77. The summed E-state index contributed by atoms with van der Waals surface area (Å²) >= 11 is 0. The first kappa shape index (κ1) is 16.0. The van der Waals surface area contributed by atoms with E-state index in [1.54, 1.807) is 0 Å². The Hall–Kier alpha value is -1.02. The zero-order valence-corrected chi connectivity index (χ0v) is 12.7. The smallest absolute Gasteiger partial charge is 0.119 e. The van der Waals surface area contributed by atoms with Gasteiger partial charge in [0, 0.05) is 6.04 Å². The third kappa shape index (κ3) is 6.11. The number of unbranched alkanes of at least 4 members (excludes halogenated alkanes) is 2. The van der Waals surface area contributed by atoms with Gasteiger partial charge in [-0.15, -0.1) is 0 Å². The quantitative estimate of drug-likeness (QED) is 0.617. The molecule has 1 N–H and O–H groups in total. The molecule has 0 heterocycles. The van der Waals surface area contributed by atoms with Gasteiger partial charge in [-0.2, -0.15) is 0 Å². The summed E-state index contributed by atoms with van der Waals surface area (Å²) < 4.78 is 5.72. The predicted octanol–water partition coefficient (Wildman–Crippen LogP) is 4.71. The van der Waals surface area contributed by atoms with Gasteiger partial charge >= 0.3 is 0 Å². The third-order valence-corrected chi connectivity index (χ3v) is 3.28. The van der Waals surface area contributed by atoms with E-state index in [1.165, 1.54) is 31.2 Å². The average molecular weight is 263 g/mol. The molecule has 0 saturated carbocycles. The van der Waals surface area contributed by atoms with Crippen molar-refractivity contribution in [2.75, 3.05) is 13.2 Å². The second-order valence-electron chi connectivity index (χ2n) is 5.03. The van der Waals surface area contributed by atoms with Crippen LogP contribution in [0.1, 0.15) is 64.5 Å². The molecule has 1 rings (SSSR count). The minimum Gasteiger partial charge on any atom is -0.494 e. The summed E-state index contributed by atoms with van der Waals surface area (Å²) in [5.41, 5.74) is 1.35. The van der Waals surface area contributed by atoms with Crippen LogP contribution in [0.2, 0.25) is 0 Å². The van der Waals surface area contributed by atoms with Gasteiger partial charge in [0.2, 0.25) is 0 Å². The van der Waals surface area contributed by atoms with Crippen molar-refractivity contribution in [2.24, 2.45) is 0 Å². The molecule has 0 radical (unpaired) electrons. The summed E-state index contributed by atoms with van der Waals surface area (Å²) in [4.78, 5) is 0. The van der Waals surface area contributed by atoms with E-state index in [0.29, 0.717) is 6.04 Å². The second kappa shape index (κ2) is 9.85. The van der Waals surface area contributed by atoms with E-state index in [4.69, 9.17) is 4.74 Å². The van der Waals surface area contributed by atoms with Gasteiger partial charge in [-0.05, 0) is 37.1 Å². The van der Waals surface area contributed by atoms with E-state index < -0.39 is 0 Å².